The molecule has 2 aromatic carbocycles. The minimum absolute atomic E-state index is 0.0258. The van der Waals surface area contributed by atoms with Crippen molar-refractivity contribution in [3.63, 3.8) is 0 Å². The van der Waals surface area contributed by atoms with Crippen LogP contribution in [0, 0.1) is 0 Å². The first-order valence-corrected chi connectivity index (χ1v) is 5.51. The molecule has 0 aliphatic rings. The van der Waals surface area contributed by atoms with Crippen molar-refractivity contribution in [2.75, 3.05) is 5.73 Å². The van der Waals surface area contributed by atoms with E-state index in [0.29, 0.717) is 5.75 Å². The molecule has 2 rings (SSSR count). The van der Waals surface area contributed by atoms with Crippen LogP contribution in [0.4, 0.5) is 5.69 Å². The molecular weight excluding hydrogens is 254 g/mol. The number of para-hydroxylation sites is 1. The molecule has 0 amide bonds. The first kappa shape index (κ1) is 12.3. The standard InChI is InChI=1S/C13H10ClNO3/c14-10-6-8(13(16)17)7-11(15)12(10)18-9-4-2-1-3-5-9/h1-7H,15H2,(H,16,17). The molecule has 0 saturated heterocycles. The molecule has 0 atom stereocenters. The van der Waals surface area contributed by atoms with E-state index < -0.39 is 5.97 Å². The molecule has 0 unspecified atom stereocenters. The number of aromatic carboxylic acids is 1. The molecule has 0 radical (unpaired) electrons. The highest BCUT2D eigenvalue weighted by Gasteiger charge is 2.13. The van der Waals surface area contributed by atoms with Gasteiger partial charge in [0, 0.05) is 0 Å². The normalized spacial score (nSPS) is 10.1. The van der Waals surface area contributed by atoms with Crippen molar-refractivity contribution >= 4 is 23.3 Å². The Hall–Kier alpha value is -2.20. The van der Waals surface area contributed by atoms with E-state index in [0.717, 1.165) is 0 Å². The largest absolute Gasteiger partial charge is 0.478 e. The van der Waals surface area contributed by atoms with Crippen LogP contribution in [0.25, 0.3) is 0 Å². The summed E-state index contributed by atoms with van der Waals surface area (Å²) in [5.41, 5.74) is 5.94. The van der Waals surface area contributed by atoms with Gasteiger partial charge in [-0.15, -0.1) is 0 Å². The molecule has 0 fully saturated rings. The second kappa shape index (κ2) is 4.98. The fraction of sp³-hybridized carbons (Fsp3) is 0. The summed E-state index contributed by atoms with van der Waals surface area (Å²) >= 11 is 5.96. The summed E-state index contributed by atoms with van der Waals surface area (Å²) in [6.07, 6.45) is 0. The van der Waals surface area contributed by atoms with Gasteiger partial charge in [0.05, 0.1) is 16.3 Å². The van der Waals surface area contributed by atoms with Crippen molar-refractivity contribution in [1.29, 1.82) is 0 Å². The van der Waals surface area contributed by atoms with E-state index in [1.807, 2.05) is 18.2 Å². The average molecular weight is 264 g/mol. The molecule has 18 heavy (non-hydrogen) atoms. The SMILES string of the molecule is Nc1cc(C(=O)O)cc(Cl)c1Oc1ccccc1. The first-order valence-electron chi connectivity index (χ1n) is 5.13. The Morgan fingerprint density at radius 3 is 2.44 bits per heavy atom. The van der Waals surface area contributed by atoms with E-state index in [9.17, 15) is 4.79 Å². The van der Waals surface area contributed by atoms with Crippen molar-refractivity contribution in [2.45, 2.75) is 0 Å². The molecule has 0 aromatic heterocycles. The topological polar surface area (TPSA) is 72.6 Å². The summed E-state index contributed by atoms with van der Waals surface area (Å²) in [4.78, 5) is 10.8. The van der Waals surface area contributed by atoms with Crippen LogP contribution in [0.3, 0.4) is 0 Å². The number of nitrogens with two attached hydrogens (primary N) is 1. The Balaban J connectivity index is 2.37. The molecule has 0 aliphatic carbocycles. The lowest BCUT2D eigenvalue weighted by molar-refractivity contribution is 0.0697. The Morgan fingerprint density at radius 1 is 1.22 bits per heavy atom. The number of anilines is 1. The second-order valence-corrected chi connectivity index (χ2v) is 4.00. The number of hydrogen-bond donors (Lipinski definition) is 2. The van der Waals surface area contributed by atoms with Gasteiger partial charge < -0.3 is 15.6 Å². The fourth-order valence-electron chi connectivity index (χ4n) is 1.45. The third kappa shape index (κ3) is 2.55. The molecule has 5 heteroatoms. The number of benzene rings is 2. The number of hydrogen-bond acceptors (Lipinski definition) is 3. The van der Waals surface area contributed by atoms with E-state index in [1.165, 1.54) is 12.1 Å². The van der Waals surface area contributed by atoms with E-state index in [-0.39, 0.29) is 22.0 Å². The maximum absolute atomic E-state index is 10.8. The first-order chi connectivity index (χ1) is 8.58. The molecule has 3 N–H and O–H groups in total. The van der Waals surface area contributed by atoms with Crippen molar-refractivity contribution in [3.8, 4) is 11.5 Å². The number of carbonyl (C=O) groups is 1. The zero-order valence-corrected chi connectivity index (χ0v) is 10.0. The van der Waals surface area contributed by atoms with Gasteiger partial charge in [0.15, 0.2) is 5.75 Å². The Kier molecular flexibility index (Phi) is 3.39. The Morgan fingerprint density at radius 2 is 1.89 bits per heavy atom. The molecule has 0 aliphatic heterocycles. The number of carboxylic acids is 1. The van der Waals surface area contributed by atoms with Crippen LogP contribution in [-0.4, -0.2) is 11.1 Å². The zero-order chi connectivity index (χ0) is 13.1. The van der Waals surface area contributed by atoms with Gasteiger partial charge in [0.1, 0.15) is 5.75 Å². The van der Waals surface area contributed by atoms with Gasteiger partial charge >= 0.3 is 5.97 Å². The van der Waals surface area contributed by atoms with E-state index >= 15 is 0 Å². The molecule has 0 bridgehead atoms. The van der Waals surface area contributed by atoms with Crippen LogP contribution in [-0.2, 0) is 0 Å². The minimum atomic E-state index is -1.09. The van der Waals surface area contributed by atoms with Gasteiger partial charge in [0.2, 0.25) is 0 Å². The number of nitrogen functional groups attached to an aromatic ring is 1. The molecule has 0 saturated carbocycles. The number of halogens is 1. The quantitative estimate of drug-likeness (QED) is 0.833. The Bertz CT molecular complexity index is 561. The maximum Gasteiger partial charge on any atom is 0.335 e. The molecule has 2 aromatic rings. The zero-order valence-electron chi connectivity index (χ0n) is 9.26. The monoisotopic (exact) mass is 263 g/mol. The summed E-state index contributed by atoms with van der Waals surface area (Å²) in [5.74, 6) is -0.253. The van der Waals surface area contributed by atoms with Gasteiger partial charge in [-0.2, -0.15) is 0 Å². The summed E-state index contributed by atoms with van der Waals surface area (Å²) in [5, 5.41) is 9.02. The fourth-order valence-corrected chi connectivity index (χ4v) is 1.72. The molecular formula is C13H10ClNO3. The minimum Gasteiger partial charge on any atom is -0.478 e. The van der Waals surface area contributed by atoms with Crippen LogP contribution in [0.1, 0.15) is 10.4 Å². The summed E-state index contributed by atoms with van der Waals surface area (Å²) in [7, 11) is 0. The highest BCUT2D eigenvalue weighted by atomic mass is 35.5. The van der Waals surface area contributed by atoms with Gasteiger partial charge in [-0.3, -0.25) is 0 Å². The van der Waals surface area contributed by atoms with Crippen LogP contribution >= 0.6 is 11.6 Å². The highest BCUT2D eigenvalue weighted by molar-refractivity contribution is 6.33. The second-order valence-electron chi connectivity index (χ2n) is 3.60. The van der Waals surface area contributed by atoms with E-state index in [1.54, 1.807) is 12.1 Å². The number of ether oxygens (including phenoxy) is 1. The van der Waals surface area contributed by atoms with Gasteiger partial charge in [-0.25, -0.2) is 4.79 Å². The number of carboxylic acid groups (broad SMARTS) is 1. The van der Waals surface area contributed by atoms with Crippen molar-refractivity contribution in [1.82, 2.24) is 0 Å². The highest BCUT2D eigenvalue weighted by Crippen LogP contribution is 2.35. The predicted octanol–water partition coefficient (Wildman–Crippen LogP) is 3.41. The van der Waals surface area contributed by atoms with Gasteiger partial charge in [0.25, 0.3) is 0 Å². The third-order valence-electron chi connectivity index (χ3n) is 2.28. The molecule has 4 nitrogen and oxygen atoms in total. The van der Waals surface area contributed by atoms with E-state index in [4.69, 9.17) is 27.2 Å². The van der Waals surface area contributed by atoms with Gasteiger partial charge in [-0.1, -0.05) is 29.8 Å². The van der Waals surface area contributed by atoms with Crippen molar-refractivity contribution in [2.24, 2.45) is 0 Å². The lowest BCUT2D eigenvalue weighted by Crippen LogP contribution is -2.00. The van der Waals surface area contributed by atoms with Crippen LogP contribution < -0.4 is 10.5 Å². The lowest BCUT2D eigenvalue weighted by atomic mass is 10.2. The smallest absolute Gasteiger partial charge is 0.335 e. The van der Waals surface area contributed by atoms with Crippen LogP contribution in [0.15, 0.2) is 42.5 Å². The molecule has 92 valence electrons. The molecule has 0 spiro atoms. The van der Waals surface area contributed by atoms with E-state index in [2.05, 4.69) is 0 Å². The predicted molar refractivity (Wildman–Crippen MR) is 69.3 cm³/mol. The van der Waals surface area contributed by atoms with Gasteiger partial charge in [-0.05, 0) is 24.3 Å². The van der Waals surface area contributed by atoms with Crippen LogP contribution in [0.5, 0.6) is 11.5 Å². The Labute approximate surface area is 109 Å². The summed E-state index contributed by atoms with van der Waals surface area (Å²) in [6.45, 7) is 0. The third-order valence-corrected chi connectivity index (χ3v) is 2.56. The number of rotatable bonds is 3. The maximum atomic E-state index is 10.8. The lowest BCUT2D eigenvalue weighted by Gasteiger charge is -2.11. The molecule has 0 heterocycles. The summed E-state index contributed by atoms with van der Waals surface area (Å²) < 4.78 is 5.52. The van der Waals surface area contributed by atoms with Crippen molar-refractivity contribution in [3.05, 3.63) is 53.1 Å². The van der Waals surface area contributed by atoms with Crippen molar-refractivity contribution < 1.29 is 14.6 Å². The van der Waals surface area contributed by atoms with Crippen LogP contribution in [0.2, 0.25) is 5.02 Å². The summed E-state index contributed by atoms with van der Waals surface area (Å²) in [6, 6.07) is 11.6. The average Bonchev–Trinajstić information content (AvgIpc) is 2.34.